The molecule has 4 fully saturated rings. The van der Waals surface area contributed by atoms with E-state index in [2.05, 4.69) is 0 Å². The molecule has 1 spiro atoms. The molecule has 3 aliphatic heterocycles. The lowest BCUT2D eigenvalue weighted by atomic mass is 9.36. The monoisotopic (exact) mass is 688 g/mol. The first-order chi connectivity index (χ1) is 22.8. The lowest BCUT2D eigenvalue weighted by molar-refractivity contribution is -0.294. The van der Waals surface area contributed by atoms with Gasteiger partial charge in [0, 0.05) is 34.3 Å². The number of cyclic esters (lactones) is 2. The number of furan rings is 1. The summed E-state index contributed by atoms with van der Waals surface area (Å²) < 4.78 is 35.1. The van der Waals surface area contributed by atoms with Crippen LogP contribution in [0, 0.1) is 39.9 Å². The number of rotatable bonds is 7. The summed E-state index contributed by atoms with van der Waals surface area (Å²) in [5.74, 6) is -5.88. The molecule has 0 amide bonds. The molecule has 0 unspecified atom stereocenters. The fraction of sp³-hybridized carbons (Fsp3) is 0.722. The highest BCUT2D eigenvalue weighted by Crippen LogP contribution is 2.79. The second kappa shape index (κ2) is 11.6. The number of epoxide rings is 1. The van der Waals surface area contributed by atoms with Crippen molar-refractivity contribution in [1.82, 2.24) is 0 Å². The summed E-state index contributed by atoms with van der Waals surface area (Å²) >= 11 is 0. The summed E-state index contributed by atoms with van der Waals surface area (Å²) in [6.07, 6.45) is -1.00. The van der Waals surface area contributed by atoms with Gasteiger partial charge in [0.2, 0.25) is 6.10 Å². The van der Waals surface area contributed by atoms with Crippen LogP contribution in [0.5, 0.6) is 0 Å². The van der Waals surface area contributed by atoms with Gasteiger partial charge in [-0.15, -0.1) is 0 Å². The summed E-state index contributed by atoms with van der Waals surface area (Å²) in [5.41, 5.74) is -5.89. The van der Waals surface area contributed by atoms with Crippen molar-refractivity contribution in [2.24, 2.45) is 39.9 Å². The van der Waals surface area contributed by atoms with Gasteiger partial charge in [-0.2, -0.15) is 0 Å². The van der Waals surface area contributed by atoms with Crippen LogP contribution in [0.15, 0.2) is 35.2 Å². The van der Waals surface area contributed by atoms with Crippen molar-refractivity contribution < 1.29 is 62.6 Å². The minimum absolute atomic E-state index is 0.434. The molecule has 3 N–H and O–H groups in total. The minimum Gasteiger partial charge on any atom is -0.472 e. The Labute approximate surface area is 285 Å². The van der Waals surface area contributed by atoms with Crippen molar-refractivity contribution in [3.8, 4) is 0 Å². The molecule has 2 aliphatic carbocycles. The SMILES string of the molecule is CC(C)[C@H](OC(=O)[C@H](O)C(C)C)C(=O)O[C@@H]1[C@H](O)[C@@H]2[C@](C)(/C=C\C(=O)OC[C@@]2(C)O)[C@H]2CC[C@@]3(C)[C@H](c4ccoc4)OC(=O)[C@H]4O[C@]43[C@]12C. The summed E-state index contributed by atoms with van der Waals surface area (Å²) in [5, 5.41) is 34.8. The first-order valence-electron chi connectivity index (χ1n) is 17.0. The largest absolute Gasteiger partial charge is 0.472 e. The molecule has 0 bridgehead atoms. The second-order valence-electron chi connectivity index (χ2n) is 16.2. The van der Waals surface area contributed by atoms with E-state index in [1.165, 1.54) is 25.5 Å². The van der Waals surface area contributed by atoms with Crippen LogP contribution in [0.25, 0.3) is 0 Å². The normalized spacial score (nSPS) is 44.4. The Morgan fingerprint density at radius 3 is 2.33 bits per heavy atom. The molecule has 13 atom stereocenters. The van der Waals surface area contributed by atoms with Gasteiger partial charge in [-0.1, -0.05) is 54.5 Å². The highest BCUT2D eigenvalue weighted by molar-refractivity contribution is 5.84. The molecule has 2 saturated carbocycles. The van der Waals surface area contributed by atoms with Gasteiger partial charge >= 0.3 is 23.9 Å². The van der Waals surface area contributed by atoms with Crippen LogP contribution in [0.2, 0.25) is 0 Å². The van der Waals surface area contributed by atoms with Crippen molar-refractivity contribution in [3.05, 3.63) is 36.3 Å². The van der Waals surface area contributed by atoms with Crippen LogP contribution in [-0.4, -0.2) is 87.5 Å². The molecule has 4 heterocycles. The van der Waals surface area contributed by atoms with Crippen LogP contribution in [0.3, 0.4) is 0 Å². The molecule has 1 aromatic rings. The van der Waals surface area contributed by atoms with Gasteiger partial charge in [-0.3, -0.25) is 0 Å². The highest BCUT2D eigenvalue weighted by Gasteiger charge is 2.89. The predicted octanol–water partition coefficient (Wildman–Crippen LogP) is 2.80. The maximum Gasteiger partial charge on any atom is 0.348 e. The summed E-state index contributed by atoms with van der Waals surface area (Å²) in [6, 6.07) is 1.71. The molecule has 13 heteroatoms. The first-order valence-corrected chi connectivity index (χ1v) is 17.0. The molecule has 6 rings (SSSR count). The quantitative estimate of drug-likeness (QED) is 0.216. The molecular formula is C36H48O13. The molecule has 270 valence electrons. The number of allylic oxidation sites excluding steroid dienone is 1. The number of carbonyl (C=O) groups is 4. The van der Waals surface area contributed by atoms with Crippen LogP contribution in [0.1, 0.15) is 79.9 Å². The van der Waals surface area contributed by atoms with Gasteiger partial charge in [-0.25, -0.2) is 19.2 Å². The number of hydrogen-bond acceptors (Lipinski definition) is 13. The number of aliphatic hydroxyl groups excluding tert-OH is 2. The Morgan fingerprint density at radius 1 is 1.02 bits per heavy atom. The Morgan fingerprint density at radius 2 is 1.71 bits per heavy atom. The third-order valence-corrected chi connectivity index (χ3v) is 12.4. The Bertz CT molecular complexity index is 1530. The van der Waals surface area contributed by atoms with E-state index in [9.17, 15) is 34.5 Å². The molecule has 13 nitrogen and oxygen atoms in total. The second-order valence-corrected chi connectivity index (χ2v) is 16.2. The van der Waals surface area contributed by atoms with Crippen molar-refractivity contribution in [2.45, 2.75) is 116 Å². The van der Waals surface area contributed by atoms with Gasteiger partial charge in [-0.05, 0) is 43.1 Å². The van der Waals surface area contributed by atoms with Crippen LogP contribution >= 0.6 is 0 Å². The van der Waals surface area contributed by atoms with Gasteiger partial charge in [0.05, 0.1) is 18.6 Å². The highest BCUT2D eigenvalue weighted by atomic mass is 16.7. The number of fused-ring (bicyclic) bond motifs is 3. The van der Waals surface area contributed by atoms with Crippen LogP contribution in [0.4, 0.5) is 0 Å². The number of hydrogen-bond donors (Lipinski definition) is 3. The zero-order valence-corrected chi connectivity index (χ0v) is 29.2. The van der Waals surface area contributed by atoms with Crippen molar-refractivity contribution in [1.29, 1.82) is 0 Å². The summed E-state index contributed by atoms with van der Waals surface area (Å²) in [6.45, 7) is 13.2. The van der Waals surface area contributed by atoms with E-state index < -0.39 is 118 Å². The number of esters is 4. The van der Waals surface area contributed by atoms with Gasteiger partial charge < -0.3 is 43.4 Å². The van der Waals surface area contributed by atoms with Gasteiger partial charge in [0.1, 0.15) is 30.0 Å². The average Bonchev–Trinajstić information content (AvgIpc) is 3.60. The summed E-state index contributed by atoms with van der Waals surface area (Å²) in [7, 11) is 0. The molecule has 0 aromatic carbocycles. The van der Waals surface area contributed by atoms with Gasteiger partial charge in [0.25, 0.3) is 0 Å². The minimum atomic E-state index is -1.79. The van der Waals surface area contributed by atoms with E-state index in [4.69, 9.17) is 28.1 Å². The van der Waals surface area contributed by atoms with E-state index in [1.807, 2.05) is 20.8 Å². The predicted molar refractivity (Wildman–Crippen MR) is 168 cm³/mol. The summed E-state index contributed by atoms with van der Waals surface area (Å²) in [4.78, 5) is 53.4. The number of carbonyl (C=O) groups excluding carboxylic acids is 4. The van der Waals surface area contributed by atoms with E-state index in [0.717, 1.165) is 0 Å². The lowest BCUT2D eigenvalue weighted by Crippen LogP contribution is -2.77. The molecule has 49 heavy (non-hydrogen) atoms. The zero-order chi connectivity index (χ0) is 36.1. The third kappa shape index (κ3) is 4.93. The fourth-order valence-electron chi connectivity index (χ4n) is 10.2. The smallest absolute Gasteiger partial charge is 0.348 e. The maximum absolute atomic E-state index is 14.2. The Hall–Kier alpha value is -3.26. The number of aliphatic hydroxyl groups is 3. The van der Waals surface area contributed by atoms with E-state index in [0.29, 0.717) is 18.4 Å². The average molecular weight is 689 g/mol. The Balaban J connectivity index is 1.51. The zero-order valence-electron chi connectivity index (χ0n) is 29.2. The van der Waals surface area contributed by atoms with Gasteiger partial charge in [0.15, 0.2) is 12.2 Å². The van der Waals surface area contributed by atoms with Crippen molar-refractivity contribution in [2.75, 3.05) is 6.61 Å². The standard InChI is InChI=1S/C36H48O13/c1-17(2)22(38)29(40)46-24(18(3)4)30(41)48-27-23(39)25-32(5,12-10-21(37)45-16-34(25,7)43)20-9-13-33(6)26(19-11-14-44-15-19)47-31(42)28-36(33,49-28)35(20,27)8/h10-12,14-15,17-18,20,22-28,38-39,43H,9,13,16H2,1-8H3/b12-10-/t20-,22-,23-,24+,25-,26+,27-,28-,32-,33+,34-,35+,36-/m1/s1. The third-order valence-electron chi connectivity index (χ3n) is 12.4. The topological polar surface area (TPSA) is 192 Å². The van der Waals surface area contributed by atoms with Crippen LogP contribution < -0.4 is 0 Å². The van der Waals surface area contributed by atoms with E-state index in [-0.39, 0.29) is 0 Å². The number of ether oxygens (including phenoxy) is 5. The molecule has 0 radical (unpaired) electrons. The molecule has 2 saturated heterocycles. The molecular weight excluding hydrogens is 640 g/mol. The lowest BCUT2D eigenvalue weighted by Gasteiger charge is -2.69. The van der Waals surface area contributed by atoms with E-state index >= 15 is 0 Å². The molecule has 5 aliphatic rings. The van der Waals surface area contributed by atoms with E-state index in [1.54, 1.807) is 39.8 Å². The fourth-order valence-corrected chi connectivity index (χ4v) is 10.2. The first kappa shape index (κ1) is 35.6. The van der Waals surface area contributed by atoms with Crippen molar-refractivity contribution in [3.63, 3.8) is 0 Å². The molecule has 1 aromatic heterocycles. The Kier molecular flexibility index (Phi) is 8.45. The maximum atomic E-state index is 14.2. The van der Waals surface area contributed by atoms with Crippen molar-refractivity contribution >= 4 is 23.9 Å². The van der Waals surface area contributed by atoms with Crippen LogP contribution in [-0.2, 0) is 42.9 Å².